The zero-order valence-electron chi connectivity index (χ0n) is 16.9. The number of methoxy groups -OCH3 is 1. The number of benzene rings is 1. The van der Waals surface area contributed by atoms with Crippen molar-refractivity contribution < 1.29 is 14.3 Å². The summed E-state index contributed by atoms with van der Waals surface area (Å²) in [5.41, 5.74) is 1.26. The van der Waals surface area contributed by atoms with Crippen LogP contribution in [0, 0.1) is 0 Å². The van der Waals surface area contributed by atoms with Gasteiger partial charge in [-0.3, -0.25) is 9.69 Å². The van der Waals surface area contributed by atoms with Gasteiger partial charge in [0.05, 0.1) is 18.5 Å². The minimum Gasteiger partial charge on any atom is -0.487 e. The number of likely N-dealkylation sites (tertiary alicyclic amines) is 1. The Morgan fingerprint density at radius 3 is 2.72 bits per heavy atom. The van der Waals surface area contributed by atoms with Crippen molar-refractivity contribution in [2.75, 3.05) is 59.6 Å². The molecule has 0 spiro atoms. The van der Waals surface area contributed by atoms with E-state index in [4.69, 9.17) is 9.47 Å². The molecule has 8 nitrogen and oxygen atoms in total. The van der Waals surface area contributed by atoms with Crippen LogP contribution >= 0.6 is 0 Å². The first-order valence-corrected chi connectivity index (χ1v) is 10.3. The molecule has 0 saturated carbocycles. The van der Waals surface area contributed by atoms with Crippen LogP contribution in [-0.2, 0) is 4.74 Å². The lowest BCUT2D eigenvalue weighted by Crippen LogP contribution is -2.49. The monoisotopic (exact) mass is 399 g/mol. The third-order valence-electron chi connectivity index (χ3n) is 5.57. The van der Waals surface area contributed by atoms with E-state index in [9.17, 15) is 4.79 Å². The van der Waals surface area contributed by atoms with Gasteiger partial charge in [-0.25, -0.2) is 4.68 Å². The summed E-state index contributed by atoms with van der Waals surface area (Å²) >= 11 is 0. The normalized spacial score (nSPS) is 20.2. The first-order valence-electron chi connectivity index (χ1n) is 10.3. The topological polar surface area (TPSA) is 71.9 Å². The van der Waals surface area contributed by atoms with Crippen LogP contribution in [0.3, 0.4) is 0 Å². The Balaban J connectivity index is 1.51. The van der Waals surface area contributed by atoms with Crippen LogP contribution in [0.1, 0.15) is 16.9 Å². The second kappa shape index (κ2) is 9.39. The first-order chi connectivity index (χ1) is 14.3. The number of nitrogens with one attached hydrogen (secondary N) is 1. The molecular formula is C21H29N5O3. The number of aromatic nitrogens is 2. The van der Waals surface area contributed by atoms with Gasteiger partial charge in [-0.1, -0.05) is 18.2 Å². The lowest BCUT2D eigenvalue weighted by atomic mass is 10.2. The molecular weight excluding hydrogens is 370 g/mol. The number of carbonyl (C=O) groups excluding carboxylic acids is 1. The Labute approximate surface area is 171 Å². The van der Waals surface area contributed by atoms with E-state index in [1.807, 2.05) is 35.2 Å². The quantitative estimate of drug-likeness (QED) is 0.701. The molecule has 156 valence electrons. The Kier molecular flexibility index (Phi) is 6.43. The molecule has 2 aromatic rings. The highest BCUT2D eigenvalue weighted by Crippen LogP contribution is 2.24. The highest BCUT2D eigenvalue weighted by atomic mass is 16.5. The predicted octanol–water partition coefficient (Wildman–Crippen LogP) is 1.02. The number of amides is 1. The SMILES string of the molecule is COCCOc1cn(-c2ccccc2)nc1C(=O)N1CCC(N2CCNCC2)C1. The van der Waals surface area contributed by atoms with Gasteiger partial charge in [0.25, 0.3) is 5.91 Å². The fourth-order valence-electron chi connectivity index (χ4n) is 3.98. The molecule has 2 saturated heterocycles. The third-order valence-corrected chi connectivity index (χ3v) is 5.57. The van der Waals surface area contributed by atoms with Gasteiger partial charge in [0.15, 0.2) is 11.4 Å². The van der Waals surface area contributed by atoms with Crippen LogP contribution in [0.5, 0.6) is 5.75 Å². The number of hydrogen-bond acceptors (Lipinski definition) is 6. The molecule has 1 aromatic heterocycles. The highest BCUT2D eigenvalue weighted by Gasteiger charge is 2.33. The summed E-state index contributed by atoms with van der Waals surface area (Å²) < 4.78 is 12.6. The largest absolute Gasteiger partial charge is 0.487 e. The average Bonchev–Trinajstić information content (AvgIpc) is 3.43. The molecule has 8 heteroatoms. The molecule has 2 aliphatic rings. The summed E-state index contributed by atoms with van der Waals surface area (Å²) in [7, 11) is 1.63. The lowest BCUT2D eigenvalue weighted by molar-refractivity contribution is 0.0760. The van der Waals surface area contributed by atoms with E-state index in [-0.39, 0.29) is 5.91 Å². The van der Waals surface area contributed by atoms with Gasteiger partial charge in [-0.05, 0) is 18.6 Å². The summed E-state index contributed by atoms with van der Waals surface area (Å²) in [6, 6.07) is 10.2. The molecule has 2 fully saturated rings. The van der Waals surface area contributed by atoms with E-state index in [1.54, 1.807) is 18.0 Å². The van der Waals surface area contributed by atoms with E-state index >= 15 is 0 Å². The summed E-state index contributed by atoms with van der Waals surface area (Å²) in [5, 5.41) is 7.96. The van der Waals surface area contributed by atoms with E-state index in [0.717, 1.165) is 51.4 Å². The number of carbonyl (C=O) groups is 1. The van der Waals surface area contributed by atoms with Crippen LogP contribution in [0.2, 0.25) is 0 Å². The van der Waals surface area contributed by atoms with Gasteiger partial charge in [-0.15, -0.1) is 0 Å². The maximum Gasteiger partial charge on any atom is 0.278 e. The van der Waals surface area contributed by atoms with Crippen LogP contribution in [0.15, 0.2) is 36.5 Å². The summed E-state index contributed by atoms with van der Waals surface area (Å²) in [6.07, 6.45) is 2.78. The average molecular weight is 399 g/mol. The Morgan fingerprint density at radius 2 is 1.97 bits per heavy atom. The molecule has 1 N–H and O–H groups in total. The maximum atomic E-state index is 13.3. The van der Waals surface area contributed by atoms with Crippen molar-refractivity contribution in [3.8, 4) is 11.4 Å². The molecule has 0 aliphatic carbocycles. The summed E-state index contributed by atoms with van der Waals surface area (Å²) in [5.74, 6) is 0.436. The van der Waals surface area contributed by atoms with Crippen molar-refractivity contribution in [3.05, 3.63) is 42.2 Å². The van der Waals surface area contributed by atoms with Gasteiger partial charge >= 0.3 is 0 Å². The van der Waals surface area contributed by atoms with Gasteiger partial charge in [0.2, 0.25) is 0 Å². The van der Waals surface area contributed by atoms with Crippen molar-refractivity contribution >= 4 is 5.91 Å². The van der Waals surface area contributed by atoms with Gasteiger partial charge in [-0.2, -0.15) is 5.10 Å². The van der Waals surface area contributed by atoms with E-state index < -0.39 is 0 Å². The number of para-hydroxylation sites is 1. The fourth-order valence-corrected chi connectivity index (χ4v) is 3.98. The molecule has 4 rings (SSSR count). The van der Waals surface area contributed by atoms with Gasteiger partial charge in [0.1, 0.15) is 6.61 Å². The second-order valence-electron chi connectivity index (χ2n) is 7.44. The smallest absolute Gasteiger partial charge is 0.278 e. The van der Waals surface area contributed by atoms with Crippen molar-refractivity contribution in [3.63, 3.8) is 0 Å². The second-order valence-corrected chi connectivity index (χ2v) is 7.44. The molecule has 1 atom stereocenters. The fraction of sp³-hybridized carbons (Fsp3) is 0.524. The number of piperazine rings is 1. The standard InChI is InChI=1S/C21H29N5O3/c1-28-13-14-29-19-16-26(17-5-3-2-4-6-17)23-20(19)21(27)25-10-7-18(15-25)24-11-8-22-9-12-24/h2-6,16,18,22H,7-15H2,1H3. The maximum absolute atomic E-state index is 13.3. The van der Waals surface area contributed by atoms with Gasteiger partial charge < -0.3 is 19.7 Å². The van der Waals surface area contributed by atoms with Crippen LogP contribution < -0.4 is 10.1 Å². The Bertz CT molecular complexity index is 804. The van der Waals surface area contributed by atoms with Crippen molar-refractivity contribution in [2.24, 2.45) is 0 Å². The van der Waals surface area contributed by atoms with Gasteiger partial charge in [0, 0.05) is 52.4 Å². The Hall–Kier alpha value is -2.42. The number of ether oxygens (including phenoxy) is 2. The zero-order valence-corrected chi connectivity index (χ0v) is 16.9. The number of hydrogen-bond donors (Lipinski definition) is 1. The van der Waals surface area contributed by atoms with E-state index in [0.29, 0.717) is 30.7 Å². The minimum atomic E-state index is -0.0651. The minimum absolute atomic E-state index is 0.0651. The van der Waals surface area contributed by atoms with Crippen molar-refractivity contribution in [1.29, 1.82) is 0 Å². The van der Waals surface area contributed by atoms with Crippen molar-refractivity contribution in [2.45, 2.75) is 12.5 Å². The van der Waals surface area contributed by atoms with Crippen LogP contribution in [-0.4, -0.2) is 91.1 Å². The molecule has 2 aliphatic heterocycles. The van der Waals surface area contributed by atoms with E-state index in [1.165, 1.54) is 0 Å². The molecule has 1 unspecified atom stereocenters. The number of rotatable bonds is 7. The molecule has 0 bridgehead atoms. The van der Waals surface area contributed by atoms with Crippen molar-refractivity contribution in [1.82, 2.24) is 24.9 Å². The lowest BCUT2D eigenvalue weighted by Gasteiger charge is -2.32. The molecule has 29 heavy (non-hydrogen) atoms. The summed E-state index contributed by atoms with van der Waals surface area (Å²) in [6.45, 7) is 6.45. The predicted molar refractivity (Wildman–Crippen MR) is 110 cm³/mol. The van der Waals surface area contributed by atoms with E-state index in [2.05, 4.69) is 15.3 Å². The van der Waals surface area contributed by atoms with Crippen LogP contribution in [0.25, 0.3) is 5.69 Å². The zero-order chi connectivity index (χ0) is 20.1. The highest BCUT2D eigenvalue weighted by molar-refractivity contribution is 5.95. The molecule has 1 aromatic carbocycles. The molecule has 1 amide bonds. The first kappa shape index (κ1) is 19.9. The molecule has 0 radical (unpaired) electrons. The third kappa shape index (κ3) is 4.60. The van der Waals surface area contributed by atoms with Crippen LogP contribution in [0.4, 0.5) is 0 Å². The number of nitrogens with zero attached hydrogens (tertiary/aromatic N) is 4. The molecule has 3 heterocycles. The summed E-state index contributed by atoms with van der Waals surface area (Å²) in [4.78, 5) is 17.7. The Morgan fingerprint density at radius 1 is 1.17 bits per heavy atom.